The summed E-state index contributed by atoms with van der Waals surface area (Å²) in [5, 5.41) is 13.7. The highest BCUT2D eigenvalue weighted by Gasteiger charge is 2.13. The smallest absolute Gasteiger partial charge is 0.391 e. The molecule has 7 nitrogen and oxygen atoms in total. The zero-order valence-electron chi connectivity index (χ0n) is 13.0. The first-order valence-electron chi connectivity index (χ1n) is 7.29. The van der Waals surface area contributed by atoms with E-state index in [1.54, 1.807) is 22.8 Å². The number of nitriles is 1. The van der Waals surface area contributed by atoms with Crippen molar-refractivity contribution in [1.82, 2.24) is 19.9 Å². The van der Waals surface area contributed by atoms with Crippen LogP contribution in [0.4, 0.5) is 4.79 Å². The van der Waals surface area contributed by atoms with E-state index in [1.807, 2.05) is 0 Å². The fraction of sp³-hybridized carbons (Fsp3) is 0.125. The molecule has 0 aliphatic heterocycles. The molecule has 0 unspecified atom stereocenters. The Hall–Kier alpha value is -2.53. The van der Waals surface area contributed by atoms with Crippen molar-refractivity contribution >= 4 is 51.8 Å². The lowest BCUT2D eigenvalue weighted by atomic mass is 10.2. The van der Waals surface area contributed by atoms with E-state index in [4.69, 9.17) is 39.5 Å². The van der Waals surface area contributed by atoms with Crippen molar-refractivity contribution in [2.45, 2.75) is 6.54 Å². The van der Waals surface area contributed by atoms with Crippen LogP contribution >= 0.6 is 34.8 Å². The van der Waals surface area contributed by atoms with Crippen molar-refractivity contribution in [2.24, 2.45) is 0 Å². The maximum atomic E-state index is 11.8. The number of ether oxygens (including phenoxy) is 1. The highest BCUT2D eigenvalue weighted by molar-refractivity contribution is 6.38. The van der Waals surface area contributed by atoms with E-state index in [0.29, 0.717) is 33.2 Å². The summed E-state index contributed by atoms with van der Waals surface area (Å²) < 4.78 is 6.71. The van der Waals surface area contributed by atoms with Crippen LogP contribution in [0.25, 0.3) is 10.9 Å². The Balaban J connectivity index is 1.70. The number of aromatic nitrogens is 3. The number of halogens is 3. The molecular weight excluding hydrogens is 401 g/mol. The van der Waals surface area contributed by atoms with Gasteiger partial charge in [-0.05, 0) is 18.2 Å². The number of rotatable bonds is 4. The number of nitrogens with one attached hydrogen (secondary N) is 1. The van der Waals surface area contributed by atoms with Crippen molar-refractivity contribution in [1.29, 1.82) is 5.26 Å². The second-order valence-corrected chi connectivity index (χ2v) is 6.34. The Morgan fingerprint density at radius 3 is 2.77 bits per heavy atom. The van der Waals surface area contributed by atoms with Crippen LogP contribution in [0.15, 0.2) is 30.6 Å². The molecule has 3 aromatic rings. The van der Waals surface area contributed by atoms with Gasteiger partial charge < -0.3 is 14.6 Å². The lowest BCUT2D eigenvalue weighted by molar-refractivity contribution is 0.198. The largest absolute Gasteiger partial charge is 0.414 e. The summed E-state index contributed by atoms with van der Waals surface area (Å²) in [6, 6.07) is 8.42. The Kier molecular flexibility index (Phi) is 5.47. The van der Waals surface area contributed by atoms with Crippen molar-refractivity contribution in [2.75, 3.05) is 6.54 Å². The molecule has 1 aromatic carbocycles. The van der Waals surface area contributed by atoms with Gasteiger partial charge >= 0.3 is 6.09 Å². The molecule has 2 aromatic heterocycles. The standard InChI is InChI=1S/C16H10Cl3N5O2/c17-9-3-12(18)11-5-10(7-20)24(13(11)4-9)2-1-21-16(25)26-15-6-14(19)22-8-23-15/h3-6,8H,1-2H2,(H,21,25). The second-order valence-electron chi connectivity index (χ2n) is 5.11. The quantitative estimate of drug-likeness (QED) is 0.655. The molecule has 1 N–H and O–H groups in total. The van der Waals surface area contributed by atoms with Gasteiger partial charge in [0.2, 0.25) is 5.88 Å². The summed E-state index contributed by atoms with van der Waals surface area (Å²) in [5.74, 6) is 0.0326. The number of hydrogen-bond donors (Lipinski definition) is 1. The maximum absolute atomic E-state index is 11.8. The van der Waals surface area contributed by atoms with Crippen LogP contribution in [-0.2, 0) is 6.54 Å². The molecule has 132 valence electrons. The number of hydrogen-bond acceptors (Lipinski definition) is 5. The molecule has 26 heavy (non-hydrogen) atoms. The highest BCUT2D eigenvalue weighted by Crippen LogP contribution is 2.30. The van der Waals surface area contributed by atoms with Crippen molar-refractivity contribution in [3.05, 3.63) is 51.5 Å². The summed E-state index contributed by atoms with van der Waals surface area (Å²) in [7, 11) is 0. The summed E-state index contributed by atoms with van der Waals surface area (Å²) in [6.45, 7) is 0.531. The average Bonchev–Trinajstić information content (AvgIpc) is 2.93. The number of amides is 1. The zero-order valence-corrected chi connectivity index (χ0v) is 15.3. The lowest BCUT2D eigenvalue weighted by Gasteiger charge is -2.09. The monoisotopic (exact) mass is 409 g/mol. The molecule has 0 spiro atoms. The molecular formula is C16H10Cl3N5O2. The van der Waals surface area contributed by atoms with Crippen molar-refractivity contribution in [3.8, 4) is 11.9 Å². The molecule has 0 aliphatic carbocycles. The number of nitrogens with zero attached hydrogens (tertiary/aromatic N) is 4. The molecule has 3 rings (SSSR count). The predicted octanol–water partition coefficient (Wildman–Crippen LogP) is 4.05. The van der Waals surface area contributed by atoms with Gasteiger partial charge in [-0.25, -0.2) is 14.8 Å². The van der Waals surface area contributed by atoms with E-state index in [0.717, 1.165) is 0 Å². The molecule has 0 fully saturated rings. The first kappa shape index (κ1) is 18.3. The number of carbonyl (C=O) groups is 1. The van der Waals surface area contributed by atoms with E-state index in [1.165, 1.54) is 12.4 Å². The summed E-state index contributed by atoms with van der Waals surface area (Å²) in [4.78, 5) is 19.3. The third-order valence-electron chi connectivity index (χ3n) is 3.46. The Bertz CT molecular complexity index is 1030. The molecule has 10 heteroatoms. The molecule has 2 heterocycles. The topological polar surface area (TPSA) is 92.8 Å². The minimum Gasteiger partial charge on any atom is -0.391 e. The van der Waals surface area contributed by atoms with E-state index in [-0.39, 0.29) is 17.6 Å². The highest BCUT2D eigenvalue weighted by atomic mass is 35.5. The van der Waals surface area contributed by atoms with Gasteiger partial charge in [0, 0.05) is 29.6 Å². The van der Waals surface area contributed by atoms with Crippen LogP contribution in [0.1, 0.15) is 5.69 Å². The minimum atomic E-state index is -0.703. The van der Waals surface area contributed by atoms with Gasteiger partial charge in [0.05, 0.1) is 10.5 Å². The van der Waals surface area contributed by atoms with Gasteiger partial charge in [-0.15, -0.1) is 0 Å². The Morgan fingerprint density at radius 1 is 1.23 bits per heavy atom. The average molecular weight is 411 g/mol. The minimum absolute atomic E-state index is 0.0326. The molecule has 0 saturated carbocycles. The molecule has 0 aliphatic rings. The van der Waals surface area contributed by atoms with Crippen LogP contribution < -0.4 is 10.1 Å². The van der Waals surface area contributed by atoms with E-state index in [9.17, 15) is 10.1 Å². The first-order valence-corrected chi connectivity index (χ1v) is 8.43. The van der Waals surface area contributed by atoms with Crippen LogP contribution in [0.3, 0.4) is 0 Å². The van der Waals surface area contributed by atoms with E-state index >= 15 is 0 Å². The van der Waals surface area contributed by atoms with Crippen LogP contribution in [0.5, 0.6) is 5.88 Å². The van der Waals surface area contributed by atoms with Gasteiger partial charge in [0.15, 0.2) is 0 Å². The molecule has 0 radical (unpaired) electrons. The zero-order chi connectivity index (χ0) is 18.7. The third-order valence-corrected chi connectivity index (χ3v) is 4.20. The van der Waals surface area contributed by atoms with Crippen LogP contribution in [-0.4, -0.2) is 27.2 Å². The van der Waals surface area contributed by atoms with Gasteiger partial charge in [-0.3, -0.25) is 0 Å². The number of carbonyl (C=O) groups excluding carboxylic acids is 1. The summed E-state index contributed by atoms with van der Waals surface area (Å²) in [6.07, 6.45) is 0.481. The maximum Gasteiger partial charge on any atom is 0.414 e. The summed E-state index contributed by atoms with van der Waals surface area (Å²) >= 11 is 17.9. The number of fused-ring (bicyclic) bond motifs is 1. The first-order chi connectivity index (χ1) is 12.5. The third kappa shape index (κ3) is 3.99. The van der Waals surface area contributed by atoms with E-state index in [2.05, 4.69) is 21.4 Å². The molecule has 0 bridgehead atoms. The van der Waals surface area contributed by atoms with Gasteiger partial charge in [-0.1, -0.05) is 34.8 Å². The normalized spacial score (nSPS) is 10.5. The van der Waals surface area contributed by atoms with Crippen molar-refractivity contribution < 1.29 is 9.53 Å². The SMILES string of the molecule is N#Cc1cc2c(Cl)cc(Cl)cc2n1CCNC(=O)Oc1cc(Cl)ncn1. The fourth-order valence-electron chi connectivity index (χ4n) is 2.39. The Morgan fingerprint density at radius 2 is 2.04 bits per heavy atom. The summed E-state index contributed by atoms with van der Waals surface area (Å²) in [5.41, 5.74) is 1.11. The fourth-order valence-corrected chi connectivity index (χ4v) is 3.06. The molecule has 1 amide bonds. The Labute approximate surface area is 163 Å². The second kappa shape index (κ2) is 7.79. The molecule has 0 atom stereocenters. The number of benzene rings is 1. The van der Waals surface area contributed by atoms with Gasteiger partial charge in [-0.2, -0.15) is 5.26 Å². The van der Waals surface area contributed by atoms with Crippen molar-refractivity contribution in [3.63, 3.8) is 0 Å². The molecule has 0 saturated heterocycles. The van der Waals surface area contributed by atoms with E-state index < -0.39 is 6.09 Å². The van der Waals surface area contributed by atoms with Gasteiger partial charge in [0.25, 0.3) is 0 Å². The van der Waals surface area contributed by atoms with Crippen LogP contribution in [0, 0.1) is 11.3 Å². The van der Waals surface area contributed by atoms with Crippen LogP contribution in [0.2, 0.25) is 15.2 Å². The predicted molar refractivity (Wildman–Crippen MR) is 97.7 cm³/mol. The lowest BCUT2D eigenvalue weighted by Crippen LogP contribution is -2.30. The van der Waals surface area contributed by atoms with Gasteiger partial charge in [0.1, 0.15) is 23.2 Å².